The number of carbonyl (C=O) groups excluding carboxylic acids is 3. The van der Waals surface area contributed by atoms with Crippen LogP contribution in [0.25, 0.3) is 0 Å². The van der Waals surface area contributed by atoms with Gasteiger partial charge < -0.3 is 19.9 Å². The van der Waals surface area contributed by atoms with Gasteiger partial charge in [-0.1, -0.05) is 29.8 Å². The number of benzene rings is 1. The summed E-state index contributed by atoms with van der Waals surface area (Å²) in [6, 6.07) is 6.49. The van der Waals surface area contributed by atoms with Crippen LogP contribution in [0.4, 0.5) is 18.0 Å². The van der Waals surface area contributed by atoms with Gasteiger partial charge in [-0.3, -0.25) is 14.5 Å². The number of halogens is 4. The van der Waals surface area contributed by atoms with Crippen molar-refractivity contribution in [2.45, 2.75) is 50.4 Å². The molecule has 0 spiro atoms. The van der Waals surface area contributed by atoms with Crippen molar-refractivity contribution in [1.82, 2.24) is 10.2 Å². The smallest absolute Gasteiger partial charge is 0.475 e. The first-order chi connectivity index (χ1) is 15.8. The topological polar surface area (TPSA) is 122 Å². The number of nitrogens with zero attached hydrogens (tertiary/aromatic N) is 1. The van der Waals surface area contributed by atoms with E-state index < -0.39 is 42.6 Å². The molecule has 13 heteroatoms. The van der Waals surface area contributed by atoms with Gasteiger partial charge in [0, 0.05) is 24.1 Å². The number of ketones is 1. The van der Waals surface area contributed by atoms with E-state index in [2.05, 4.69) is 5.32 Å². The average Bonchev–Trinajstić information content (AvgIpc) is 2.78. The van der Waals surface area contributed by atoms with Crippen LogP contribution in [0.3, 0.4) is 0 Å². The zero-order valence-electron chi connectivity index (χ0n) is 18.8. The highest BCUT2D eigenvalue weighted by molar-refractivity contribution is 6.31. The Bertz CT molecular complexity index is 897. The molecule has 1 aliphatic rings. The number of amides is 1. The van der Waals surface area contributed by atoms with Gasteiger partial charge in [0.25, 0.3) is 0 Å². The summed E-state index contributed by atoms with van der Waals surface area (Å²) in [4.78, 5) is 47.3. The minimum absolute atomic E-state index is 0.0814. The summed E-state index contributed by atoms with van der Waals surface area (Å²) in [5.74, 6) is -3.38. The van der Waals surface area contributed by atoms with E-state index >= 15 is 0 Å². The molecule has 0 radical (unpaired) electrons. The number of hydrogen-bond donors (Lipinski definition) is 2. The Hall–Kier alpha value is -2.86. The van der Waals surface area contributed by atoms with Crippen molar-refractivity contribution in [1.29, 1.82) is 0 Å². The first-order valence-electron chi connectivity index (χ1n) is 10.1. The number of rotatable bonds is 6. The summed E-state index contributed by atoms with van der Waals surface area (Å²) in [5, 5.41) is 10.3. The van der Waals surface area contributed by atoms with Crippen LogP contribution in [0.5, 0.6) is 0 Å². The van der Waals surface area contributed by atoms with Crippen molar-refractivity contribution >= 4 is 35.4 Å². The van der Waals surface area contributed by atoms with Gasteiger partial charge in [0.1, 0.15) is 11.6 Å². The Morgan fingerprint density at radius 3 is 2.32 bits per heavy atom. The first-order valence-corrected chi connectivity index (χ1v) is 10.5. The van der Waals surface area contributed by atoms with E-state index in [1.165, 1.54) is 11.9 Å². The molecule has 2 rings (SSSR count). The highest BCUT2D eigenvalue weighted by atomic mass is 35.5. The standard InChI is InChI=1S/C19H25ClN2O5.C2HF3O2/c1-13(21-2)17(24)26-12-27-18(25)22(3)19(11-7-6-10-16(19)23)14-8-4-5-9-15(14)20;3-2(4,5)1(6)7/h4-5,8-9,13,21H,6-7,10-12H2,1-3H3;(H,6,7)/t13-,19-;/m0./s1. The maximum Gasteiger partial charge on any atom is 0.490 e. The Labute approximate surface area is 199 Å². The molecule has 190 valence electrons. The molecule has 0 unspecified atom stereocenters. The number of Topliss-reactive ketones (excluding diaryl/α,β-unsaturated/α-hetero) is 1. The molecule has 1 amide bonds. The molecule has 1 aromatic carbocycles. The Morgan fingerprint density at radius 2 is 1.82 bits per heavy atom. The molecule has 1 fully saturated rings. The van der Waals surface area contributed by atoms with Gasteiger partial charge in [0.05, 0.1) is 0 Å². The zero-order chi connectivity index (χ0) is 26.1. The second-order valence-corrected chi connectivity index (χ2v) is 7.74. The molecular weight excluding hydrogens is 485 g/mol. The molecule has 34 heavy (non-hydrogen) atoms. The summed E-state index contributed by atoms with van der Waals surface area (Å²) in [7, 11) is 3.13. The molecule has 1 aliphatic carbocycles. The molecule has 0 aromatic heterocycles. The molecule has 2 N–H and O–H groups in total. The third-order valence-electron chi connectivity index (χ3n) is 5.23. The van der Waals surface area contributed by atoms with Crippen LogP contribution in [0.1, 0.15) is 38.2 Å². The van der Waals surface area contributed by atoms with E-state index in [0.29, 0.717) is 23.4 Å². The number of hydrogen-bond acceptors (Lipinski definition) is 7. The minimum Gasteiger partial charge on any atom is -0.475 e. The number of carbonyl (C=O) groups is 4. The fraction of sp³-hybridized carbons (Fsp3) is 0.524. The van der Waals surface area contributed by atoms with Gasteiger partial charge in [-0.05, 0) is 39.3 Å². The number of aliphatic carboxylic acids is 1. The maximum absolute atomic E-state index is 12.9. The maximum atomic E-state index is 12.9. The van der Waals surface area contributed by atoms with Crippen molar-refractivity contribution in [3.05, 3.63) is 34.9 Å². The zero-order valence-corrected chi connectivity index (χ0v) is 19.5. The predicted octanol–water partition coefficient (Wildman–Crippen LogP) is 3.49. The molecular formula is C21H26ClF3N2O7. The van der Waals surface area contributed by atoms with E-state index in [0.717, 1.165) is 12.8 Å². The van der Waals surface area contributed by atoms with Gasteiger partial charge in [-0.15, -0.1) is 0 Å². The van der Waals surface area contributed by atoms with E-state index in [9.17, 15) is 27.6 Å². The van der Waals surface area contributed by atoms with Crippen molar-refractivity contribution in [2.24, 2.45) is 0 Å². The van der Waals surface area contributed by atoms with Gasteiger partial charge in [-0.2, -0.15) is 13.2 Å². The number of nitrogens with one attached hydrogen (secondary N) is 1. The number of carboxylic acid groups (broad SMARTS) is 1. The van der Waals surface area contributed by atoms with E-state index in [1.807, 2.05) is 0 Å². The third-order valence-corrected chi connectivity index (χ3v) is 5.56. The lowest BCUT2D eigenvalue weighted by atomic mass is 9.74. The SMILES string of the molecule is CN[C@@H](C)C(=O)OCOC(=O)N(C)[C@]1(c2ccccc2Cl)CCCCC1=O.O=C(O)C(F)(F)F. The normalized spacial score (nSPS) is 18.7. The minimum atomic E-state index is -5.08. The van der Waals surface area contributed by atoms with Crippen LogP contribution in [-0.2, 0) is 29.4 Å². The summed E-state index contributed by atoms with van der Waals surface area (Å²) < 4.78 is 41.7. The fourth-order valence-electron chi connectivity index (χ4n) is 3.26. The van der Waals surface area contributed by atoms with Gasteiger partial charge in [-0.25, -0.2) is 9.59 Å². The van der Waals surface area contributed by atoms with Crippen LogP contribution in [0, 0.1) is 0 Å². The van der Waals surface area contributed by atoms with Crippen LogP contribution >= 0.6 is 11.6 Å². The average molecular weight is 511 g/mol. The lowest BCUT2D eigenvalue weighted by molar-refractivity contribution is -0.192. The monoisotopic (exact) mass is 510 g/mol. The Morgan fingerprint density at radius 1 is 1.24 bits per heavy atom. The molecule has 0 aliphatic heterocycles. The number of esters is 1. The second kappa shape index (κ2) is 12.6. The number of likely N-dealkylation sites (N-methyl/N-ethyl adjacent to an activating group) is 2. The quantitative estimate of drug-likeness (QED) is 0.440. The van der Waals surface area contributed by atoms with Crippen molar-refractivity contribution in [2.75, 3.05) is 20.9 Å². The first kappa shape index (κ1) is 29.2. The summed E-state index contributed by atoms with van der Waals surface area (Å²) >= 11 is 6.35. The van der Waals surface area contributed by atoms with Crippen LogP contribution < -0.4 is 5.32 Å². The molecule has 2 atom stereocenters. The fourth-order valence-corrected chi connectivity index (χ4v) is 3.56. The molecule has 0 saturated heterocycles. The van der Waals surface area contributed by atoms with Gasteiger partial charge in [0.15, 0.2) is 5.78 Å². The van der Waals surface area contributed by atoms with E-state index in [-0.39, 0.29) is 5.78 Å². The van der Waals surface area contributed by atoms with Gasteiger partial charge >= 0.3 is 24.2 Å². The predicted molar refractivity (Wildman–Crippen MR) is 114 cm³/mol. The lowest BCUT2D eigenvalue weighted by Crippen LogP contribution is -2.54. The van der Waals surface area contributed by atoms with Crippen molar-refractivity contribution in [3.8, 4) is 0 Å². The van der Waals surface area contributed by atoms with Gasteiger partial charge in [0.2, 0.25) is 6.79 Å². The van der Waals surface area contributed by atoms with Crippen molar-refractivity contribution in [3.63, 3.8) is 0 Å². The van der Waals surface area contributed by atoms with Crippen LogP contribution in [0.2, 0.25) is 5.02 Å². The van der Waals surface area contributed by atoms with Crippen molar-refractivity contribution < 1.29 is 46.9 Å². The largest absolute Gasteiger partial charge is 0.490 e. The third kappa shape index (κ3) is 7.32. The summed E-state index contributed by atoms with van der Waals surface area (Å²) in [6.45, 7) is 1.10. The molecule has 9 nitrogen and oxygen atoms in total. The second-order valence-electron chi connectivity index (χ2n) is 7.33. The highest BCUT2D eigenvalue weighted by Crippen LogP contribution is 2.42. The van der Waals surface area contributed by atoms with E-state index in [4.69, 9.17) is 31.0 Å². The summed E-state index contributed by atoms with van der Waals surface area (Å²) in [6.07, 6.45) is -3.47. The Balaban J connectivity index is 0.000000718. The Kier molecular flexibility index (Phi) is 10.8. The van der Waals surface area contributed by atoms with Crippen LogP contribution in [-0.4, -0.2) is 66.9 Å². The number of alkyl halides is 3. The number of carboxylic acids is 1. The molecule has 1 aromatic rings. The molecule has 0 bridgehead atoms. The number of ether oxygens (including phenoxy) is 2. The van der Waals surface area contributed by atoms with Crippen LogP contribution in [0.15, 0.2) is 24.3 Å². The molecule has 0 heterocycles. The van der Waals surface area contributed by atoms with E-state index in [1.54, 1.807) is 38.2 Å². The molecule has 1 saturated carbocycles. The summed E-state index contributed by atoms with van der Waals surface area (Å²) in [5.41, 5.74) is -0.604. The highest BCUT2D eigenvalue weighted by Gasteiger charge is 2.48. The lowest BCUT2D eigenvalue weighted by Gasteiger charge is -2.43.